The van der Waals surface area contributed by atoms with Crippen molar-refractivity contribution in [3.05, 3.63) is 61.7 Å². The van der Waals surface area contributed by atoms with Gasteiger partial charge in [0.25, 0.3) is 5.56 Å². The zero-order valence-corrected chi connectivity index (χ0v) is 21.6. The summed E-state index contributed by atoms with van der Waals surface area (Å²) in [6, 6.07) is 2.33. The number of fused-ring (bicyclic) bond motifs is 5. The number of esters is 1. The molecule has 0 radical (unpaired) electrons. The number of nitrogens with zero attached hydrogens (tertiary/aromatic N) is 2. The van der Waals surface area contributed by atoms with Gasteiger partial charge in [0, 0.05) is 22.6 Å². The Balaban J connectivity index is 1.46. The van der Waals surface area contributed by atoms with E-state index in [1.54, 1.807) is 19.9 Å². The van der Waals surface area contributed by atoms with E-state index in [0.717, 1.165) is 5.56 Å². The maximum absolute atomic E-state index is 15.0. The van der Waals surface area contributed by atoms with E-state index in [0.29, 0.717) is 64.7 Å². The van der Waals surface area contributed by atoms with Crippen LogP contribution in [0.3, 0.4) is 0 Å². The van der Waals surface area contributed by atoms with E-state index >= 15 is 4.39 Å². The van der Waals surface area contributed by atoms with Gasteiger partial charge < -0.3 is 24.8 Å². The SMILES string of the molecule is [2H]C(O)(C(=O)N[C@H]1CCc2c(C)c(F)cc3nc4c(c1c23)Cn1c-4cc2c(c1=O)COC(=O)[C@]2(O)CC)C1CC1. The molecular weight excluding hydrogens is 505 g/mol. The molecule has 1 fully saturated rings. The molecule has 202 valence electrons. The number of pyridine rings is 2. The van der Waals surface area contributed by atoms with Gasteiger partial charge in [-0.15, -0.1) is 0 Å². The van der Waals surface area contributed by atoms with Gasteiger partial charge in [-0.1, -0.05) is 6.92 Å². The molecule has 2 aromatic heterocycles. The fourth-order valence-electron chi connectivity index (χ4n) is 6.47. The smallest absolute Gasteiger partial charge is 0.343 e. The molecule has 2 aliphatic carbocycles. The minimum Gasteiger partial charge on any atom is -0.458 e. The summed E-state index contributed by atoms with van der Waals surface area (Å²) in [7, 11) is 0. The van der Waals surface area contributed by atoms with Gasteiger partial charge in [-0.3, -0.25) is 9.59 Å². The average molecular weight is 535 g/mol. The highest BCUT2D eigenvalue weighted by atomic mass is 19.1. The van der Waals surface area contributed by atoms with Crippen LogP contribution < -0.4 is 10.9 Å². The first kappa shape index (κ1) is 23.3. The Bertz CT molecular complexity index is 1750. The highest BCUT2D eigenvalue weighted by Gasteiger charge is 2.46. The molecule has 3 atom stereocenters. The number of nitrogens with one attached hydrogen (secondary N) is 1. The Morgan fingerprint density at radius 2 is 2.08 bits per heavy atom. The lowest BCUT2D eigenvalue weighted by molar-refractivity contribution is -0.172. The summed E-state index contributed by atoms with van der Waals surface area (Å²) in [6.45, 7) is 3.18. The van der Waals surface area contributed by atoms with Crippen molar-refractivity contribution in [2.24, 2.45) is 5.92 Å². The summed E-state index contributed by atoms with van der Waals surface area (Å²) in [4.78, 5) is 44.1. The van der Waals surface area contributed by atoms with E-state index in [9.17, 15) is 24.6 Å². The predicted molar refractivity (Wildman–Crippen MR) is 137 cm³/mol. The second kappa shape index (κ2) is 8.19. The number of hydrogen-bond acceptors (Lipinski definition) is 7. The topological polar surface area (TPSA) is 131 Å². The molecule has 1 saturated carbocycles. The van der Waals surface area contributed by atoms with Gasteiger partial charge >= 0.3 is 5.97 Å². The first-order valence-corrected chi connectivity index (χ1v) is 13.3. The fraction of sp³-hybridized carbons (Fsp3) is 0.448. The number of hydrogen-bond donors (Lipinski definition) is 3. The lowest BCUT2D eigenvalue weighted by Gasteiger charge is -2.31. The third kappa shape index (κ3) is 3.31. The predicted octanol–water partition coefficient (Wildman–Crippen LogP) is 2.40. The Morgan fingerprint density at radius 1 is 1.31 bits per heavy atom. The third-order valence-electron chi connectivity index (χ3n) is 8.88. The molecule has 39 heavy (non-hydrogen) atoms. The summed E-state index contributed by atoms with van der Waals surface area (Å²) < 4.78 is 29.9. The van der Waals surface area contributed by atoms with E-state index in [2.05, 4.69) is 5.32 Å². The number of carbonyl (C=O) groups is 2. The zero-order chi connectivity index (χ0) is 28.3. The standard InChI is InChI=1S/C29H28FN3O6/c1-3-29(38)17-8-21-24-15(10-33(21)27(36)16(17)11-39-28(29)37)23-19(32-26(35)25(34)13-4-5-13)7-6-14-12(2)18(30)9-20(31-24)22(14)23/h8-9,13,19,25,34,38H,3-7,10-11H2,1-2H3,(H,32,35)/t19-,25?,29-/m0/s1/i25D. The van der Waals surface area contributed by atoms with Crippen molar-refractivity contribution >= 4 is 22.8 Å². The van der Waals surface area contributed by atoms with Crippen LogP contribution in [0.2, 0.25) is 0 Å². The van der Waals surface area contributed by atoms with Crippen molar-refractivity contribution in [1.82, 2.24) is 14.9 Å². The summed E-state index contributed by atoms with van der Waals surface area (Å²) >= 11 is 0. The molecule has 3 aromatic rings. The summed E-state index contributed by atoms with van der Waals surface area (Å²) in [5.41, 5.74) is 1.71. The van der Waals surface area contributed by atoms with Crippen LogP contribution in [0.4, 0.5) is 4.39 Å². The molecule has 2 aliphatic heterocycles. The molecule has 4 heterocycles. The number of aliphatic hydroxyl groups is 2. The van der Waals surface area contributed by atoms with E-state index in [4.69, 9.17) is 11.1 Å². The maximum Gasteiger partial charge on any atom is 0.343 e. The van der Waals surface area contributed by atoms with Gasteiger partial charge in [0.05, 0.1) is 36.4 Å². The Hall–Kier alpha value is -3.63. The lowest BCUT2D eigenvalue weighted by Crippen LogP contribution is -2.44. The number of aryl methyl sites for hydroxylation is 1. The summed E-state index contributed by atoms with van der Waals surface area (Å²) in [6.07, 6.45) is -0.160. The first-order chi connectivity index (χ1) is 19.0. The van der Waals surface area contributed by atoms with Gasteiger partial charge in [-0.05, 0) is 67.7 Å². The average Bonchev–Trinajstić information content (AvgIpc) is 3.73. The molecule has 4 aliphatic rings. The number of aromatic nitrogens is 2. The van der Waals surface area contributed by atoms with Crippen LogP contribution in [0.1, 0.15) is 73.4 Å². The molecule has 10 heteroatoms. The normalized spacial score (nSPS) is 24.8. The number of amides is 1. The minimum atomic E-state index is -2.25. The van der Waals surface area contributed by atoms with Gasteiger partial charge in [0.15, 0.2) is 5.60 Å². The molecule has 1 aromatic carbocycles. The second-order valence-corrected chi connectivity index (χ2v) is 11.0. The van der Waals surface area contributed by atoms with E-state index in [1.165, 1.54) is 10.6 Å². The van der Waals surface area contributed by atoms with E-state index in [1.807, 2.05) is 0 Å². The quantitative estimate of drug-likeness (QED) is 0.343. The molecular formula is C29H28FN3O6. The van der Waals surface area contributed by atoms with Gasteiger partial charge in [-0.25, -0.2) is 14.2 Å². The van der Waals surface area contributed by atoms with Gasteiger partial charge in [0.1, 0.15) is 18.5 Å². The highest BCUT2D eigenvalue weighted by Crippen LogP contribution is 2.46. The molecule has 0 spiro atoms. The fourth-order valence-corrected chi connectivity index (χ4v) is 6.47. The van der Waals surface area contributed by atoms with Gasteiger partial charge in [-0.2, -0.15) is 0 Å². The molecule has 3 N–H and O–H groups in total. The van der Waals surface area contributed by atoms with Crippen molar-refractivity contribution in [3.8, 4) is 11.4 Å². The molecule has 7 rings (SSSR count). The van der Waals surface area contributed by atoms with Crippen LogP contribution in [0.25, 0.3) is 22.3 Å². The highest BCUT2D eigenvalue weighted by molar-refractivity contribution is 5.94. The number of halogens is 1. The Morgan fingerprint density at radius 3 is 2.79 bits per heavy atom. The Kier molecular flexibility index (Phi) is 4.89. The molecule has 0 bridgehead atoms. The van der Waals surface area contributed by atoms with Crippen molar-refractivity contribution in [3.63, 3.8) is 0 Å². The van der Waals surface area contributed by atoms with Crippen LogP contribution in [-0.2, 0) is 39.5 Å². The number of benzene rings is 1. The van der Waals surface area contributed by atoms with Crippen molar-refractivity contribution in [1.29, 1.82) is 0 Å². The van der Waals surface area contributed by atoms with Crippen LogP contribution in [0, 0.1) is 18.7 Å². The van der Waals surface area contributed by atoms with E-state index in [-0.39, 0.29) is 30.7 Å². The zero-order valence-electron chi connectivity index (χ0n) is 22.6. The maximum atomic E-state index is 15.0. The summed E-state index contributed by atoms with van der Waals surface area (Å²) in [5.74, 6) is -2.44. The van der Waals surface area contributed by atoms with Crippen LogP contribution in [0.15, 0.2) is 16.9 Å². The van der Waals surface area contributed by atoms with Crippen LogP contribution in [0.5, 0.6) is 0 Å². The molecule has 9 nitrogen and oxygen atoms in total. The van der Waals surface area contributed by atoms with E-state index < -0.39 is 46.9 Å². The second-order valence-electron chi connectivity index (χ2n) is 11.0. The van der Waals surface area contributed by atoms with Crippen LogP contribution in [-0.4, -0.2) is 37.7 Å². The first-order valence-electron chi connectivity index (χ1n) is 13.8. The lowest BCUT2D eigenvalue weighted by atomic mass is 9.81. The molecule has 1 amide bonds. The number of carbonyl (C=O) groups excluding carboxylic acids is 2. The summed E-state index contributed by atoms with van der Waals surface area (Å²) in [5, 5.41) is 25.3. The van der Waals surface area contributed by atoms with Crippen molar-refractivity contribution < 1.29 is 30.3 Å². The number of cyclic esters (lactones) is 1. The minimum absolute atomic E-state index is 0.00393. The Labute approximate surface area is 224 Å². The molecule has 1 unspecified atom stereocenters. The van der Waals surface area contributed by atoms with Crippen LogP contribution >= 0.6 is 0 Å². The van der Waals surface area contributed by atoms with Crippen molar-refractivity contribution in [2.45, 2.75) is 76.8 Å². The third-order valence-corrected chi connectivity index (χ3v) is 8.88. The van der Waals surface area contributed by atoms with Gasteiger partial charge in [0.2, 0.25) is 5.91 Å². The number of ether oxygens (including phenoxy) is 1. The largest absolute Gasteiger partial charge is 0.458 e. The number of rotatable bonds is 4. The monoisotopic (exact) mass is 534 g/mol. The molecule has 0 saturated heterocycles. The van der Waals surface area contributed by atoms with Crippen molar-refractivity contribution in [2.75, 3.05) is 0 Å².